The first-order chi connectivity index (χ1) is 13.1. The standard InChI is InChI=1S/C22H30N4O/c1-17(2)24-13-15-25(16-14-24)22(27)20-19-11-7-4-8-12-26(19)21(23-20)18-9-5-3-6-10-18/h3,5-6,9-10,17H,4,7-8,11-16H2,1-2H3. The highest BCUT2D eigenvalue weighted by Crippen LogP contribution is 2.28. The van der Waals surface area contributed by atoms with Gasteiger partial charge in [0.15, 0.2) is 0 Å². The molecule has 5 heteroatoms. The second-order valence-electron chi connectivity index (χ2n) is 7.98. The van der Waals surface area contributed by atoms with Crippen LogP contribution in [0.3, 0.4) is 0 Å². The van der Waals surface area contributed by atoms with Crippen molar-refractivity contribution in [3.8, 4) is 11.4 Å². The Bertz CT molecular complexity index is 788. The summed E-state index contributed by atoms with van der Waals surface area (Å²) in [5.41, 5.74) is 2.93. The molecule has 2 aliphatic rings. The van der Waals surface area contributed by atoms with E-state index in [-0.39, 0.29) is 5.91 Å². The first-order valence-corrected chi connectivity index (χ1v) is 10.3. The van der Waals surface area contributed by atoms with Crippen LogP contribution in [0.25, 0.3) is 11.4 Å². The van der Waals surface area contributed by atoms with Gasteiger partial charge < -0.3 is 9.47 Å². The molecule has 0 N–H and O–H groups in total. The van der Waals surface area contributed by atoms with Crippen molar-refractivity contribution in [3.05, 3.63) is 41.7 Å². The Morgan fingerprint density at radius 1 is 0.963 bits per heavy atom. The topological polar surface area (TPSA) is 41.4 Å². The number of aromatic nitrogens is 2. The van der Waals surface area contributed by atoms with E-state index in [1.165, 1.54) is 6.42 Å². The average molecular weight is 367 g/mol. The predicted octanol–water partition coefficient (Wildman–Crippen LogP) is 3.44. The molecule has 0 saturated carbocycles. The summed E-state index contributed by atoms with van der Waals surface area (Å²) in [4.78, 5) is 22.7. The summed E-state index contributed by atoms with van der Waals surface area (Å²) in [7, 11) is 0. The summed E-state index contributed by atoms with van der Waals surface area (Å²) in [6.45, 7) is 8.89. The molecule has 0 aliphatic carbocycles. The number of carbonyl (C=O) groups excluding carboxylic acids is 1. The van der Waals surface area contributed by atoms with Crippen LogP contribution in [0.15, 0.2) is 30.3 Å². The minimum absolute atomic E-state index is 0.117. The molecule has 0 unspecified atom stereocenters. The normalized spacial score (nSPS) is 18.4. The van der Waals surface area contributed by atoms with E-state index >= 15 is 0 Å². The Hall–Kier alpha value is -2.14. The monoisotopic (exact) mass is 366 g/mol. The summed E-state index contributed by atoms with van der Waals surface area (Å²) in [6.07, 6.45) is 4.47. The lowest BCUT2D eigenvalue weighted by Gasteiger charge is -2.36. The molecule has 0 spiro atoms. The number of piperazine rings is 1. The Morgan fingerprint density at radius 2 is 1.70 bits per heavy atom. The van der Waals surface area contributed by atoms with Crippen molar-refractivity contribution in [2.75, 3.05) is 26.2 Å². The van der Waals surface area contributed by atoms with E-state index in [0.717, 1.165) is 69.1 Å². The van der Waals surface area contributed by atoms with Gasteiger partial charge in [-0.2, -0.15) is 0 Å². The van der Waals surface area contributed by atoms with Gasteiger partial charge in [0.05, 0.1) is 5.69 Å². The molecule has 1 saturated heterocycles. The van der Waals surface area contributed by atoms with Crippen molar-refractivity contribution in [2.24, 2.45) is 0 Å². The zero-order valence-corrected chi connectivity index (χ0v) is 16.5. The SMILES string of the molecule is CC(C)N1CCN(C(=O)c2nc(-c3ccccc3)n3c2CCCCC3)CC1. The highest BCUT2D eigenvalue weighted by Gasteiger charge is 2.29. The predicted molar refractivity (Wildman–Crippen MR) is 108 cm³/mol. The average Bonchev–Trinajstić information content (AvgIpc) is 2.89. The molecule has 0 atom stereocenters. The summed E-state index contributed by atoms with van der Waals surface area (Å²) in [5, 5.41) is 0. The lowest BCUT2D eigenvalue weighted by molar-refractivity contribution is 0.0589. The molecule has 144 valence electrons. The summed E-state index contributed by atoms with van der Waals surface area (Å²) in [5.74, 6) is 1.07. The molecule has 1 amide bonds. The fourth-order valence-corrected chi connectivity index (χ4v) is 4.29. The van der Waals surface area contributed by atoms with E-state index in [0.29, 0.717) is 11.7 Å². The zero-order chi connectivity index (χ0) is 18.8. The van der Waals surface area contributed by atoms with Gasteiger partial charge in [0.2, 0.25) is 0 Å². The third kappa shape index (κ3) is 3.65. The van der Waals surface area contributed by atoms with Crippen LogP contribution in [0.2, 0.25) is 0 Å². The van der Waals surface area contributed by atoms with E-state index < -0.39 is 0 Å². The molecule has 1 aromatic heterocycles. The van der Waals surface area contributed by atoms with Crippen LogP contribution in [0, 0.1) is 0 Å². The van der Waals surface area contributed by atoms with Gasteiger partial charge in [-0.3, -0.25) is 9.69 Å². The van der Waals surface area contributed by atoms with Crippen molar-refractivity contribution in [3.63, 3.8) is 0 Å². The molecule has 1 aromatic carbocycles. The number of benzene rings is 1. The fourth-order valence-electron chi connectivity index (χ4n) is 4.29. The Labute approximate surface area is 162 Å². The van der Waals surface area contributed by atoms with E-state index in [4.69, 9.17) is 4.98 Å². The summed E-state index contributed by atoms with van der Waals surface area (Å²) in [6, 6.07) is 10.8. The number of rotatable bonds is 3. The molecule has 5 nitrogen and oxygen atoms in total. The molecule has 3 heterocycles. The molecule has 2 aromatic rings. The van der Waals surface area contributed by atoms with Crippen LogP contribution >= 0.6 is 0 Å². The number of imidazole rings is 1. The van der Waals surface area contributed by atoms with Crippen LogP contribution in [-0.2, 0) is 13.0 Å². The minimum atomic E-state index is 0.117. The molecule has 27 heavy (non-hydrogen) atoms. The van der Waals surface area contributed by atoms with Gasteiger partial charge in [-0.1, -0.05) is 36.8 Å². The molecule has 1 fully saturated rings. The second-order valence-corrected chi connectivity index (χ2v) is 7.98. The minimum Gasteiger partial charge on any atom is -0.335 e. The zero-order valence-electron chi connectivity index (χ0n) is 16.5. The summed E-state index contributed by atoms with van der Waals surface area (Å²) >= 11 is 0. The third-order valence-electron chi connectivity index (χ3n) is 5.93. The number of hydrogen-bond acceptors (Lipinski definition) is 3. The number of carbonyl (C=O) groups is 1. The molecule has 0 radical (unpaired) electrons. The van der Waals surface area contributed by atoms with E-state index in [1.54, 1.807) is 0 Å². The lowest BCUT2D eigenvalue weighted by Crippen LogP contribution is -2.50. The van der Waals surface area contributed by atoms with Crippen LogP contribution < -0.4 is 0 Å². The molecular weight excluding hydrogens is 336 g/mol. The Morgan fingerprint density at radius 3 is 2.41 bits per heavy atom. The first-order valence-electron chi connectivity index (χ1n) is 10.3. The first kappa shape index (κ1) is 18.2. The maximum absolute atomic E-state index is 13.3. The number of amides is 1. The maximum atomic E-state index is 13.3. The number of nitrogens with zero attached hydrogens (tertiary/aromatic N) is 4. The fraction of sp³-hybridized carbons (Fsp3) is 0.545. The molecule has 2 aliphatic heterocycles. The maximum Gasteiger partial charge on any atom is 0.274 e. The van der Waals surface area contributed by atoms with E-state index in [2.05, 4.69) is 35.4 Å². The van der Waals surface area contributed by atoms with E-state index in [1.807, 2.05) is 23.1 Å². The molecule has 4 rings (SSSR count). The van der Waals surface area contributed by atoms with Crippen LogP contribution in [0.1, 0.15) is 49.3 Å². The van der Waals surface area contributed by atoms with Crippen molar-refractivity contribution in [2.45, 2.75) is 52.1 Å². The van der Waals surface area contributed by atoms with Gasteiger partial charge in [-0.15, -0.1) is 0 Å². The number of hydrogen-bond donors (Lipinski definition) is 0. The summed E-state index contributed by atoms with van der Waals surface area (Å²) < 4.78 is 2.31. The van der Waals surface area contributed by atoms with Crippen LogP contribution in [-0.4, -0.2) is 57.5 Å². The van der Waals surface area contributed by atoms with Crippen LogP contribution in [0.4, 0.5) is 0 Å². The molecular formula is C22H30N4O. The van der Waals surface area contributed by atoms with Crippen molar-refractivity contribution < 1.29 is 4.79 Å². The highest BCUT2D eigenvalue weighted by molar-refractivity contribution is 5.94. The Balaban J connectivity index is 1.65. The third-order valence-corrected chi connectivity index (χ3v) is 5.93. The highest BCUT2D eigenvalue weighted by atomic mass is 16.2. The van der Waals surface area contributed by atoms with Gasteiger partial charge in [0.25, 0.3) is 5.91 Å². The van der Waals surface area contributed by atoms with Gasteiger partial charge in [0.1, 0.15) is 11.5 Å². The van der Waals surface area contributed by atoms with Gasteiger partial charge >= 0.3 is 0 Å². The largest absolute Gasteiger partial charge is 0.335 e. The van der Waals surface area contributed by atoms with Gasteiger partial charge in [0, 0.05) is 44.3 Å². The smallest absolute Gasteiger partial charge is 0.274 e. The van der Waals surface area contributed by atoms with Crippen molar-refractivity contribution in [1.82, 2.24) is 19.4 Å². The second kappa shape index (κ2) is 7.85. The van der Waals surface area contributed by atoms with Crippen molar-refractivity contribution in [1.29, 1.82) is 0 Å². The van der Waals surface area contributed by atoms with Gasteiger partial charge in [-0.05, 0) is 33.1 Å². The molecule has 0 bridgehead atoms. The van der Waals surface area contributed by atoms with Crippen molar-refractivity contribution >= 4 is 5.91 Å². The number of fused-ring (bicyclic) bond motifs is 1. The van der Waals surface area contributed by atoms with E-state index in [9.17, 15) is 4.79 Å². The van der Waals surface area contributed by atoms with Gasteiger partial charge in [-0.25, -0.2) is 4.98 Å². The van der Waals surface area contributed by atoms with Crippen LogP contribution in [0.5, 0.6) is 0 Å². The lowest BCUT2D eigenvalue weighted by atomic mass is 10.1. The quantitative estimate of drug-likeness (QED) is 0.836. The Kier molecular flexibility index (Phi) is 5.30.